The Morgan fingerprint density at radius 2 is 1.37 bits per heavy atom. The molecule has 0 bridgehead atoms. The van der Waals surface area contributed by atoms with Gasteiger partial charge in [-0.15, -0.1) is 0 Å². The highest BCUT2D eigenvalue weighted by Gasteiger charge is 2.45. The lowest BCUT2D eigenvalue weighted by Crippen LogP contribution is -2.59. The van der Waals surface area contributed by atoms with Gasteiger partial charge in [-0.05, 0) is 48.3 Å². The third-order valence-electron chi connectivity index (χ3n) is 6.94. The molecule has 0 aliphatic rings. The van der Waals surface area contributed by atoms with E-state index in [0.29, 0.717) is 12.0 Å². The number of benzene rings is 1. The zero-order chi connectivity index (χ0) is 31.7. The first kappa shape index (κ1) is 35.9. The van der Waals surface area contributed by atoms with Gasteiger partial charge in [-0.3, -0.25) is 14.9 Å². The summed E-state index contributed by atoms with van der Waals surface area (Å²) in [6, 6.07) is 4.05. The van der Waals surface area contributed by atoms with Crippen LogP contribution in [0.1, 0.15) is 88.1 Å². The van der Waals surface area contributed by atoms with E-state index in [1.807, 2.05) is 55.4 Å². The van der Waals surface area contributed by atoms with Crippen LogP contribution in [0.15, 0.2) is 18.2 Å². The molecule has 1 rings (SSSR count). The molecule has 10 heteroatoms. The number of aliphatic carboxylic acids is 1. The van der Waals surface area contributed by atoms with Gasteiger partial charge >= 0.3 is 24.1 Å². The Hall–Kier alpha value is -3.14. The summed E-state index contributed by atoms with van der Waals surface area (Å²) in [5.41, 5.74) is -2.20. The number of nitrogens with one attached hydrogen (secondary N) is 1. The molecule has 0 amide bonds. The molecule has 2 N–H and O–H groups in total. The van der Waals surface area contributed by atoms with Gasteiger partial charge in [-0.2, -0.15) is 0 Å². The second kappa shape index (κ2) is 15.2. The lowest BCUT2D eigenvalue weighted by atomic mass is 9.98. The summed E-state index contributed by atoms with van der Waals surface area (Å²) < 4.78 is 21.9. The van der Waals surface area contributed by atoms with Crippen molar-refractivity contribution in [1.29, 1.82) is 0 Å². The molecule has 0 heterocycles. The number of esters is 2. The lowest BCUT2D eigenvalue weighted by Gasteiger charge is -2.33. The van der Waals surface area contributed by atoms with Crippen LogP contribution in [-0.4, -0.2) is 47.5 Å². The summed E-state index contributed by atoms with van der Waals surface area (Å²) >= 11 is 0. The first-order chi connectivity index (χ1) is 18.8. The minimum atomic E-state index is -2.19. The molecule has 232 valence electrons. The lowest BCUT2D eigenvalue weighted by molar-refractivity contribution is -0.167. The van der Waals surface area contributed by atoms with Crippen molar-refractivity contribution in [2.75, 3.05) is 6.61 Å². The predicted octanol–water partition coefficient (Wildman–Crippen LogP) is 5.99. The zero-order valence-corrected chi connectivity index (χ0v) is 26.5. The van der Waals surface area contributed by atoms with Crippen LogP contribution in [-0.2, 0) is 30.3 Å². The fraction of sp³-hybridized carbons (Fsp3) is 0.677. The van der Waals surface area contributed by atoms with E-state index in [2.05, 4.69) is 5.32 Å². The number of hydrogen-bond acceptors (Lipinski definition) is 9. The molecule has 10 nitrogen and oxygen atoms in total. The zero-order valence-electron chi connectivity index (χ0n) is 26.5. The van der Waals surface area contributed by atoms with Crippen LogP contribution >= 0.6 is 0 Å². The van der Waals surface area contributed by atoms with Crippen LogP contribution in [0.3, 0.4) is 0 Å². The minimum absolute atomic E-state index is 0.00968. The maximum atomic E-state index is 12.9. The van der Waals surface area contributed by atoms with E-state index in [1.165, 1.54) is 18.2 Å². The van der Waals surface area contributed by atoms with Crippen molar-refractivity contribution in [1.82, 2.24) is 5.32 Å². The van der Waals surface area contributed by atoms with Crippen molar-refractivity contribution < 1.29 is 43.2 Å². The Morgan fingerprint density at radius 1 is 0.854 bits per heavy atom. The third-order valence-corrected chi connectivity index (χ3v) is 6.94. The molecule has 0 saturated heterocycles. The van der Waals surface area contributed by atoms with Crippen LogP contribution in [0.4, 0.5) is 4.79 Å². The van der Waals surface area contributed by atoms with E-state index in [-0.39, 0.29) is 47.8 Å². The van der Waals surface area contributed by atoms with Crippen LogP contribution in [0.2, 0.25) is 0 Å². The van der Waals surface area contributed by atoms with Crippen molar-refractivity contribution in [3.63, 3.8) is 0 Å². The van der Waals surface area contributed by atoms with E-state index in [0.717, 1.165) is 0 Å². The van der Waals surface area contributed by atoms with Gasteiger partial charge < -0.3 is 24.1 Å². The topological polar surface area (TPSA) is 137 Å². The summed E-state index contributed by atoms with van der Waals surface area (Å²) in [5, 5.41) is 13.2. The van der Waals surface area contributed by atoms with Crippen molar-refractivity contribution in [2.45, 2.75) is 101 Å². The van der Waals surface area contributed by atoms with Gasteiger partial charge in [0.15, 0.2) is 11.5 Å². The first-order valence-corrected chi connectivity index (χ1v) is 14.2. The molecule has 41 heavy (non-hydrogen) atoms. The Morgan fingerprint density at radius 3 is 1.80 bits per heavy atom. The number of carboxylic acids is 1. The molecule has 1 aromatic rings. The Balaban J connectivity index is 3.54. The second-order valence-corrected chi connectivity index (χ2v) is 12.7. The van der Waals surface area contributed by atoms with E-state index in [4.69, 9.17) is 18.9 Å². The second-order valence-electron chi connectivity index (χ2n) is 12.7. The summed E-state index contributed by atoms with van der Waals surface area (Å²) in [5.74, 6) is -3.34. The van der Waals surface area contributed by atoms with Gasteiger partial charge in [0.1, 0.15) is 0 Å². The number of rotatable bonds is 14. The number of carbonyl (C=O) groups excluding carboxylic acids is 3. The largest absolute Gasteiger partial charge is 0.510 e. The van der Waals surface area contributed by atoms with Crippen LogP contribution in [0.5, 0.6) is 11.5 Å². The molecule has 3 unspecified atom stereocenters. The molecule has 0 aromatic heterocycles. The molecule has 0 aliphatic heterocycles. The number of carboxylic acid groups (broad SMARTS) is 1. The smallest absolute Gasteiger partial charge is 0.477 e. The standard InChI is InChI=1S/C31H49NO9/c1-12-20(6)32-31(28(35)36,41-29(37)38-17-30(9,10)11)16-23-13-14-24(39-26(33)21(7)18(2)3)25(15-23)40-27(34)22(8)19(4)5/h13-15,18-22,32H,12,16-17H2,1-11H3,(H,35,36)/t20?,21?,22?,31-/m0/s1. The summed E-state index contributed by atoms with van der Waals surface area (Å²) in [6.45, 7) is 20.2. The highest BCUT2D eigenvalue weighted by atomic mass is 16.7. The minimum Gasteiger partial charge on any atom is -0.477 e. The molecule has 0 fully saturated rings. The molecule has 4 atom stereocenters. The molecule has 0 radical (unpaired) electrons. The molecule has 0 saturated carbocycles. The number of carbonyl (C=O) groups is 4. The van der Waals surface area contributed by atoms with Crippen LogP contribution < -0.4 is 14.8 Å². The van der Waals surface area contributed by atoms with E-state index < -0.39 is 41.6 Å². The SMILES string of the molecule is CCC(C)N[C@@](Cc1ccc(OC(=O)C(C)C(C)C)c(OC(=O)C(C)C(C)C)c1)(OC(=O)OCC(C)(C)C)C(=O)O. The molecule has 0 aliphatic carbocycles. The third kappa shape index (κ3) is 11.3. The summed E-state index contributed by atoms with van der Waals surface area (Å²) in [4.78, 5) is 50.9. The van der Waals surface area contributed by atoms with Gasteiger partial charge in [0.2, 0.25) is 0 Å². The first-order valence-electron chi connectivity index (χ1n) is 14.2. The summed E-state index contributed by atoms with van der Waals surface area (Å²) in [7, 11) is 0. The molecule has 1 aromatic carbocycles. The predicted molar refractivity (Wildman–Crippen MR) is 155 cm³/mol. The quantitative estimate of drug-likeness (QED) is 0.153. The van der Waals surface area contributed by atoms with Crippen molar-refractivity contribution >= 4 is 24.1 Å². The van der Waals surface area contributed by atoms with Gasteiger partial charge in [-0.25, -0.2) is 9.59 Å². The van der Waals surface area contributed by atoms with Crippen molar-refractivity contribution in [3.8, 4) is 11.5 Å². The Bertz CT molecular complexity index is 1060. The highest BCUT2D eigenvalue weighted by Crippen LogP contribution is 2.33. The van der Waals surface area contributed by atoms with Gasteiger partial charge in [-0.1, -0.05) is 75.3 Å². The Kier molecular flexibility index (Phi) is 13.3. The van der Waals surface area contributed by atoms with Crippen LogP contribution in [0, 0.1) is 29.1 Å². The molecular weight excluding hydrogens is 530 g/mol. The van der Waals surface area contributed by atoms with Crippen LogP contribution in [0.25, 0.3) is 0 Å². The number of ether oxygens (including phenoxy) is 4. The molecular formula is C31H49NO9. The number of hydrogen-bond donors (Lipinski definition) is 2. The molecule has 0 spiro atoms. The maximum absolute atomic E-state index is 12.9. The fourth-order valence-corrected chi connectivity index (χ4v) is 3.31. The van der Waals surface area contributed by atoms with E-state index in [1.54, 1.807) is 20.8 Å². The van der Waals surface area contributed by atoms with Crippen molar-refractivity contribution in [2.24, 2.45) is 29.1 Å². The average molecular weight is 580 g/mol. The monoisotopic (exact) mass is 579 g/mol. The van der Waals surface area contributed by atoms with Crippen molar-refractivity contribution in [3.05, 3.63) is 23.8 Å². The van der Waals surface area contributed by atoms with Gasteiger partial charge in [0.05, 0.1) is 18.4 Å². The highest BCUT2D eigenvalue weighted by molar-refractivity contribution is 5.81. The average Bonchev–Trinajstić information content (AvgIpc) is 2.86. The fourth-order valence-electron chi connectivity index (χ4n) is 3.31. The Labute approximate surface area is 244 Å². The van der Waals surface area contributed by atoms with Gasteiger partial charge in [0, 0.05) is 12.5 Å². The normalized spacial score (nSPS) is 15.4. The van der Waals surface area contributed by atoms with Gasteiger partial charge in [0.25, 0.3) is 5.72 Å². The van der Waals surface area contributed by atoms with E-state index in [9.17, 15) is 24.3 Å². The maximum Gasteiger partial charge on any atom is 0.510 e. The summed E-state index contributed by atoms with van der Waals surface area (Å²) in [6.07, 6.45) is -0.921. The van der Waals surface area contributed by atoms with E-state index >= 15 is 0 Å².